The van der Waals surface area contributed by atoms with E-state index in [0.717, 1.165) is 10.5 Å². The van der Waals surface area contributed by atoms with Crippen LogP contribution in [0.1, 0.15) is 33.0 Å². The van der Waals surface area contributed by atoms with Gasteiger partial charge in [0.25, 0.3) is 0 Å². The van der Waals surface area contributed by atoms with Gasteiger partial charge in [-0.25, -0.2) is 9.69 Å². The van der Waals surface area contributed by atoms with Crippen molar-refractivity contribution in [3.8, 4) is 0 Å². The number of amides is 3. The average molecular weight is 398 g/mol. The fourth-order valence-electron chi connectivity index (χ4n) is 3.71. The third kappa shape index (κ3) is 3.39. The summed E-state index contributed by atoms with van der Waals surface area (Å²) in [4.78, 5) is 51.5. The topological polar surface area (TPSA) is 97.5 Å². The first-order valence-corrected chi connectivity index (χ1v) is 9.41. The molecule has 6 heteroatoms. The summed E-state index contributed by atoms with van der Waals surface area (Å²) >= 11 is 0. The lowest BCUT2D eigenvalue weighted by molar-refractivity contribution is -0.127. The Hall–Kier alpha value is -4.06. The Morgan fingerprint density at radius 1 is 0.833 bits per heavy atom. The predicted molar refractivity (Wildman–Crippen MR) is 111 cm³/mol. The number of ketones is 2. The van der Waals surface area contributed by atoms with Crippen LogP contribution in [-0.4, -0.2) is 23.5 Å². The van der Waals surface area contributed by atoms with Crippen molar-refractivity contribution in [2.45, 2.75) is 12.3 Å². The Balaban J connectivity index is 1.74. The molecule has 148 valence electrons. The standard InChI is InChI=1S/C24H18N2O4/c25-24(30)26-19-12-11-17(22(28)16-9-5-2-6-10-16)14-18(19)21(23(26)29)20(27)13-15-7-3-1-4-8-15/h1-12,14,21H,13H2,(H2,25,30). The second kappa shape index (κ2) is 7.75. The number of fused-ring (bicyclic) bond motifs is 1. The molecule has 3 aromatic carbocycles. The Morgan fingerprint density at radius 2 is 1.47 bits per heavy atom. The van der Waals surface area contributed by atoms with Gasteiger partial charge in [0, 0.05) is 17.5 Å². The number of rotatable bonds is 5. The number of urea groups is 1. The van der Waals surface area contributed by atoms with Crippen LogP contribution in [0.2, 0.25) is 0 Å². The molecule has 3 aromatic rings. The van der Waals surface area contributed by atoms with Gasteiger partial charge in [0.15, 0.2) is 11.6 Å². The minimum absolute atomic E-state index is 0.0279. The maximum atomic E-state index is 13.0. The van der Waals surface area contributed by atoms with Crippen molar-refractivity contribution in [1.29, 1.82) is 0 Å². The smallest absolute Gasteiger partial charge is 0.326 e. The molecule has 1 unspecified atom stereocenters. The van der Waals surface area contributed by atoms with Crippen LogP contribution in [0, 0.1) is 0 Å². The maximum absolute atomic E-state index is 13.0. The van der Waals surface area contributed by atoms with Crippen molar-refractivity contribution in [3.05, 3.63) is 101 Å². The average Bonchev–Trinajstić information content (AvgIpc) is 3.05. The molecule has 0 spiro atoms. The molecule has 1 heterocycles. The largest absolute Gasteiger partial charge is 0.351 e. The van der Waals surface area contributed by atoms with Gasteiger partial charge >= 0.3 is 6.03 Å². The van der Waals surface area contributed by atoms with Crippen LogP contribution in [0.4, 0.5) is 10.5 Å². The van der Waals surface area contributed by atoms with Crippen molar-refractivity contribution in [3.63, 3.8) is 0 Å². The lowest BCUT2D eigenvalue weighted by atomic mass is 9.90. The zero-order valence-electron chi connectivity index (χ0n) is 15.9. The first kappa shape index (κ1) is 19.3. The molecule has 0 saturated carbocycles. The highest BCUT2D eigenvalue weighted by Gasteiger charge is 2.44. The maximum Gasteiger partial charge on any atom is 0.326 e. The zero-order valence-corrected chi connectivity index (χ0v) is 15.9. The number of anilines is 1. The van der Waals surface area contributed by atoms with Crippen LogP contribution in [0.3, 0.4) is 0 Å². The first-order chi connectivity index (χ1) is 14.5. The van der Waals surface area contributed by atoms with Gasteiger partial charge < -0.3 is 5.73 Å². The lowest BCUT2D eigenvalue weighted by Crippen LogP contribution is -2.40. The molecule has 3 amide bonds. The lowest BCUT2D eigenvalue weighted by Gasteiger charge is -2.12. The molecule has 1 aliphatic heterocycles. The number of primary amides is 1. The quantitative estimate of drug-likeness (QED) is 0.527. The number of carbonyl (C=O) groups is 4. The van der Waals surface area contributed by atoms with Gasteiger partial charge in [0.2, 0.25) is 5.91 Å². The second-order valence-corrected chi connectivity index (χ2v) is 7.04. The molecule has 0 saturated heterocycles. The molecule has 0 bridgehead atoms. The van der Waals surface area contributed by atoms with E-state index < -0.39 is 17.9 Å². The van der Waals surface area contributed by atoms with Crippen LogP contribution in [0.25, 0.3) is 0 Å². The number of carbonyl (C=O) groups excluding carboxylic acids is 4. The van der Waals surface area contributed by atoms with Crippen molar-refractivity contribution in [2.24, 2.45) is 5.73 Å². The molecule has 4 rings (SSSR count). The van der Waals surface area contributed by atoms with E-state index in [1.54, 1.807) is 54.6 Å². The summed E-state index contributed by atoms with van der Waals surface area (Å²) in [5.74, 6) is -2.47. The van der Waals surface area contributed by atoms with Gasteiger partial charge in [-0.05, 0) is 29.3 Å². The molecule has 6 nitrogen and oxygen atoms in total. The molecular formula is C24H18N2O4. The molecule has 30 heavy (non-hydrogen) atoms. The second-order valence-electron chi connectivity index (χ2n) is 7.04. The van der Waals surface area contributed by atoms with E-state index in [2.05, 4.69) is 0 Å². The minimum atomic E-state index is -1.18. The summed E-state index contributed by atoms with van der Waals surface area (Å²) in [5.41, 5.74) is 7.53. The SMILES string of the molecule is NC(=O)N1C(=O)C(C(=O)Cc2ccccc2)c2cc(C(=O)c3ccccc3)ccc21. The van der Waals surface area contributed by atoms with Gasteiger partial charge in [-0.2, -0.15) is 0 Å². The van der Waals surface area contributed by atoms with E-state index >= 15 is 0 Å². The Bertz CT molecular complexity index is 1160. The van der Waals surface area contributed by atoms with Crippen molar-refractivity contribution in [1.82, 2.24) is 0 Å². The summed E-state index contributed by atoms with van der Waals surface area (Å²) in [6.07, 6.45) is 0.0279. The van der Waals surface area contributed by atoms with Gasteiger partial charge in [0.05, 0.1) is 5.69 Å². The third-order valence-corrected chi connectivity index (χ3v) is 5.11. The summed E-state index contributed by atoms with van der Waals surface area (Å²) in [7, 11) is 0. The zero-order chi connectivity index (χ0) is 21.3. The van der Waals surface area contributed by atoms with Crippen LogP contribution in [0.5, 0.6) is 0 Å². The van der Waals surface area contributed by atoms with Crippen LogP contribution in [0.15, 0.2) is 78.9 Å². The number of nitrogens with two attached hydrogens (primary N) is 1. The molecular weight excluding hydrogens is 380 g/mol. The van der Waals surface area contributed by atoms with Gasteiger partial charge in [0.1, 0.15) is 5.92 Å². The molecule has 0 radical (unpaired) electrons. The van der Waals surface area contributed by atoms with Crippen LogP contribution < -0.4 is 10.6 Å². The van der Waals surface area contributed by atoms with Crippen molar-refractivity contribution in [2.75, 3.05) is 4.90 Å². The van der Waals surface area contributed by atoms with E-state index in [4.69, 9.17) is 5.73 Å². The van der Waals surface area contributed by atoms with E-state index in [-0.39, 0.29) is 23.7 Å². The highest BCUT2D eigenvalue weighted by atomic mass is 16.2. The fraction of sp³-hybridized carbons (Fsp3) is 0.0833. The minimum Gasteiger partial charge on any atom is -0.351 e. The number of nitrogens with zero attached hydrogens (tertiary/aromatic N) is 1. The summed E-state index contributed by atoms with van der Waals surface area (Å²) in [5, 5.41) is 0. The Morgan fingerprint density at radius 3 is 2.10 bits per heavy atom. The van der Waals surface area contributed by atoms with Gasteiger partial charge in [-0.15, -0.1) is 0 Å². The predicted octanol–water partition coefficient (Wildman–Crippen LogP) is 3.24. The number of imide groups is 1. The van der Waals surface area contributed by atoms with Crippen LogP contribution >= 0.6 is 0 Å². The van der Waals surface area contributed by atoms with E-state index in [1.807, 2.05) is 6.07 Å². The Kier molecular flexibility index (Phi) is 4.98. The van der Waals surface area contributed by atoms with Gasteiger partial charge in [-0.1, -0.05) is 60.7 Å². The molecule has 1 atom stereocenters. The highest BCUT2D eigenvalue weighted by molar-refractivity contribution is 6.27. The fourth-order valence-corrected chi connectivity index (χ4v) is 3.71. The van der Waals surface area contributed by atoms with Gasteiger partial charge in [-0.3, -0.25) is 14.4 Å². The summed E-state index contributed by atoms with van der Waals surface area (Å²) in [6, 6.07) is 21.3. The highest BCUT2D eigenvalue weighted by Crippen LogP contribution is 2.39. The monoisotopic (exact) mass is 398 g/mol. The van der Waals surface area contributed by atoms with E-state index in [1.165, 1.54) is 18.2 Å². The van der Waals surface area contributed by atoms with E-state index in [0.29, 0.717) is 16.7 Å². The van der Waals surface area contributed by atoms with Crippen molar-refractivity contribution < 1.29 is 19.2 Å². The summed E-state index contributed by atoms with van der Waals surface area (Å²) < 4.78 is 0. The molecule has 1 aliphatic rings. The number of benzene rings is 3. The number of hydrogen-bond donors (Lipinski definition) is 1. The molecule has 2 N–H and O–H groups in total. The van der Waals surface area contributed by atoms with E-state index in [9.17, 15) is 19.2 Å². The summed E-state index contributed by atoms with van der Waals surface area (Å²) in [6.45, 7) is 0. The normalized spacial score (nSPS) is 15.0. The van der Waals surface area contributed by atoms with Crippen LogP contribution in [-0.2, 0) is 16.0 Å². The third-order valence-electron chi connectivity index (χ3n) is 5.11. The van der Waals surface area contributed by atoms with Crippen molar-refractivity contribution >= 4 is 29.2 Å². The first-order valence-electron chi connectivity index (χ1n) is 9.41. The molecule has 0 fully saturated rings. The number of Topliss-reactive ketones (excluding diaryl/α,β-unsaturated/α-hetero) is 1. The molecule has 0 aromatic heterocycles. The number of hydrogen-bond acceptors (Lipinski definition) is 4. The Labute approximate surface area is 172 Å². The molecule has 0 aliphatic carbocycles.